The summed E-state index contributed by atoms with van der Waals surface area (Å²) < 4.78 is 36.5. The van der Waals surface area contributed by atoms with Crippen molar-refractivity contribution in [2.45, 2.75) is 57.4 Å². The number of ether oxygens (including phenoxy) is 1. The maximum absolute atomic E-state index is 13.4. The Morgan fingerprint density at radius 1 is 1.14 bits per heavy atom. The minimum absolute atomic E-state index is 0.0133. The highest BCUT2D eigenvalue weighted by molar-refractivity contribution is 7.93. The highest BCUT2D eigenvalue weighted by atomic mass is 35.5. The van der Waals surface area contributed by atoms with Gasteiger partial charge in [0, 0.05) is 5.56 Å². The Morgan fingerprint density at radius 3 is 2.42 bits per heavy atom. The molecule has 9 nitrogen and oxygen atoms in total. The molecule has 2 aromatic heterocycles. The second-order valence-corrected chi connectivity index (χ2v) is 14.2. The lowest BCUT2D eigenvalue weighted by Crippen LogP contribution is -2.57. The van der Waals surface area contributed by atoms with Gasteiger partial charge in [-0.3, -0.25) is 10.3 Å². The molecule has 0 bridgehead atoms. The molecular weight excluding hydrogens is 524 g/mol. The third-order valence-electron chi connectivity index (χ3n) is 5.63. The molecule has 3 aromatic rings. The van der Waals surface area contributed by atoms with Gasteiger partial charge in [-0.05, 0) is 59.7 Å². The van der Waals surface area contributed by atoms with Crippen LogP contribution in [0.2, 0.25) is 5.02 Å². The van der Waals surface area contributed by atoms with Gasteiger partial charge in [-0.2, -0.15) is 0 Å². The van der Waals surface area contributed by atoms with Crippen molar-refractivity contribution in [2.75, 3.05) is 5.75 Å². The molecule has 1 aliphatic heterocycles. The first-order chi connectivity index (χ1) is 16.6. The second kappa shape index (κ2) is 8.97. The van der Waals surface area contributed by atoms with E-state index in [1.165, 1.54) is 25.2 Å². The second-order valence-electron chi connectivity index (χ2n) is 10.2. The zero-order chi connectivity index (χ0) is 26.5. The number of benzene rings is 1. The van der Waals surface area contributed by atoms with Crippen molar-refractivity contribution in [3.8, 4) is 22.2 Å². The van der Waals surface area contributed by atoms with Gasteiger partial charge in [0.25, 0.3) is 5.89 Å². The number of alkyl carbamates (subject to hydrolysis) is 1. The van der Waals surface area contributed by atoms with E-state index in [1.807, 2.05) is 30.3 Å². The van der Waals surface area contributed by atoms with Crippen molar-refractivity contribution in [2.24, 2.45) is 4.99 Å². The lowest BCUT2D eigenvalue weighted by molar-refractivity contribution is 0.0560. The molecule has 0 radical (unpaired) electrons. The number of carbonyl (C=O) groups is 1. The average molecular weight is 551 g/mol. The molecule has 12 heteroatoms. The lowest BCUT2D eigenvalue weighted by atomic mass is 10.0. The highest BCUT2D eigenvalue weighted by Gasteiger charge is 2.51. The normalized spacial score (nSPS) is 21.0. The van der Waals surface area contributed by atoms with Crippen molar-refractivity contribution in [1.82, 2.24) is 15.5 Å². The molecular formula is C24H27ClN4O5S2. The van der Waals surface area contributed by atoms with Crippen LogP contribution in [0.15, 0.2) is 45.8 Å². The number of aromatic nitrogens is 2. The number of rotatable bonds is 3. The van der Waals surface area contributed by atoms with Crippen LogP contribution in [0.1, 0.15) is 46.4 Å². The molecule has 0 fully saturated rings. The third-order valence-corrected chi connectivity index (χ3v) is 10.1. The standard InChI is InChI=1S/C24H27ClN4O5S2/c1-22(2,3)34-21(30)26-20-23(4,5)36(31,32)13-24(6,27-20)17-15(25)12-16(35-17)19-29-28-18(33-19)14-10-8-7-9-11-14/h7-12H,13H2,1-6H3,(H,26,27,30). The summed E-state index contributed by atoms with van der Waals surface area (Å²) >= 11 is 7.81. The quantitative estimate of drug-likeness (QED) is 0.459. The predicted octanol–water partition coefficient (Wildman–Crippen LogP) is 5.46. The van der Waals surface area contributed by atoms with Crippen LogP contribution in [0.4, 0.5) is 4.79 Å². The van der Waals surface area contributed by atoms with E-state index in [1.54, 1.807) is 33.8 Å². The van der Waals surface area contributed by atoms with Crippen molar-refractivity contribution in [3.63, 3.8) is 0 Å². The molecule has 1 atom stereocenters. The Kier molecular flexibility index (Phi) is 6.55. The fourth-order valence-electron chi connectivity index (χ4n) is 3.67. The molecule has 36 heavy (non-hydrogen) atoms. The number of sulfone groups is 1. The Labute approximate surface area is 218 Å². The Hall–Kier alpha value is -2.76. The lowest BCUT2D eigenvalue weighted by Gasteiger charge is -2.38. The molecule has 1 aromatic carbocycles. The number of thiophene rings is 1. The minimum atomic E-state index is -3.76. The topological polar surface area (TPSA) is 124 Å². The molecule has 4 rings (SSSR count). The van der Waals surface area contributed by atoms with Crippen LogP contribution in [0.25, 0.3) is 22.2 Å². The van der Waals surface area contributed by atoms with E-state index in [2.05, 4.69) is 15.5 Å². The van der Waals surface area contributed by atoms with Crippen molar-refractivity contribution in [1.29, 1.82) is 0 Å². The number of aliphatic imine (C=N–C) groups is 1. The first kappa shape index (κ1) is 26.3. The molecule has 3 heterocycles. The van der Waals surface area contributed by atoms with Crippen molar-refractivity contribution in [3.05, 3.63) is 46.3 Å². The van der Waals surface area contributed by atoms with Gasteiger partial charge in [-0.15, -0.1) is 21.5 Å². The summed E-state index contributed by atoms with van der Waals surface area (Å²) in [6.07, 6.45) is -0.786. The van der Waals surface area contributed by atoms with Crippen LogP contribution in [0, 0.1) is 0 Å². The Balaban J connectivity index is 1.72. The molecule has 1 aliphatic rings. The number of nitrogens with one attached hydrogen (secondary N) is 1. The number of halogens is 1. The summed E-state index contributed by atoms with van der Waals surface area (Å²) in [6, 6.07) is 11.0. The maximum atomic E-state index is 13.4. The molecule has 0 spiro atoms. The maximum Gasteiger partial charge on any atom is 0.413 e. The summed E-state index contributed by atoms with van der Waals surface area (Å²) in [7, 11) is -3.76. The predicted molar refractivity (Wildman–Crippen MR) is 140 cm³/mol. The Morgan fingerprint density at radius 2 is 1.78 bits per heavy atom. The van der Waals surface area contributed by atoms with E-state index in [9.17, 15) is 13.2 Å². The molecule has 0 aliphatic carbocycles. The first-order valence-electron chi connectivity index (χ1n) is 11.1. The molecule has 1 unspecified atom stereocenters. The summed E-state index contributed by atoms with van der Waals surface area (Å²) in [5.41, 5.74) is -1.25. The van der Waals surface area contributed by atoms with Crippen LogP contribution >= 0.6 is 22.9 Å². The fraction of sp³-hybridized carbons (Fsp3) is 0.417. The molecule has 1 N–H and O–H groups in total. The summed E-state index contributed by atoms with van der Waals surface area (Å²) in [4.78, 5) is 18.3. The number of nitrogens with zero attached hydrogens (tertiary/aromatic N) is 3. The van der Waals surface area contributed by atoms with Crippen LogP contribution in [0.3, 0.4) is 0 Å². The first-order valence-corrected chi connectivity index (χ1v) is 14.0. The van der Waals surface area contributed by atoms with Gasteiger partial charge in [-0.25, -0.2) is 13.2 Å². The molecule has 1 amide bonds. The number of amidine groups is 1. The van der Waals surface area contributed by atoms with E-state index >= 15 is 0 Å². The van der Waals surface area contributed by atoms with Crippen molar-refractivity contribution < 1.29 is 22.4 Å². The fourth-order valence-corrected chi connectivity index (χ4v) is 7.01. The van der Waals surface area contributed by atoms with E-state index in [-0.39, 0.29) is 17.5 Å². The SMILES string of the molecule is CC(C)(C)OC(=O)NC1=NC(C)(c2sc(-c3nnc(-c4ccccc4)o3)cc2Cl)CS(=O)(=O)C1(C)C. The summed E-state index contributed by atoms with van der Waals surface area (Å²) in [5, 5.41) is 11.1. The monoisotopic (exact) mass is 550 g/mol. The van der Waals surface area contributed by atoms with Crippen molar-refractivity contribution >= 4 is 44.7 Å². The van der Waals surface area contributed by atoms with Gasteiger partial charge in [0.05, 0.1) is 20.5 Å². The van der Waals surface area contributed by atoms with E-state index in [4.69, 9.17) is 25.7 Å². The summed E-state index contributed by atoms with van der Waals surface area (Å²) in [5.74, 6) is 0.295. The van der Waals surface area contributed by atoms with Gasteiger partial charge in [0.2, 0.25) is 5.89 Å². The van der Waals surface area contributed by atoms with Gasteiger partial charge < -0.3 is 9.15 Å². The van der Waals surface area contributed by atoms with E-state index < -0.39 is 31.8 Å². The average Bonchev–Trinajstić information content (AvgIpc) is 3.38. The molecule has 0 saturated carbocycles. The van der Waals surface area contributed by atoms with Gasteiger partial charge >= 0.3 is 6.09 Å². The van der Waals surface area contributed by atoms with Gasteiger partial charge in [0.15, 0.2) is 9.84 Å². The van der Waals surface area contributed by atoms with Gasteiger partial charge in [0.1, 0.15) is 21.7 Å². The number of hydrogen-bond acceptors (Lipinski definition) is 9. The van der Waals surface area contributed by atoms with Crippen LogP contribution < -0.4 is 5.32 Å². The third kappa shape index (κ3) is 5.05. The zero-order valence-corrected chi connectivity index (χ0v) is 23.1. The van der Waals surface area contributed by atoms with E-state index in [0.29, 0.717) is 20.7 Å². The zero-order valence-electron chi connectivity index (χ0n) is 20.7. The minimum Gasteiger partial charge on any atom is -0.444 e. The number of hydrogen-bond donors (Lipinski definition) is 1. The highest BCUT2D eigenvalue weighted by Crippen LogP contribution is 2.46. The van der Waals surface area contributed by atoms with Gasteiger partial charge in [-0.1, -0.05) is 29.8 Å². The van der Waals surface area contributed by atoms with Crippen LogP contribution in [-0.4, -0.2) is 46.6 Å². The van der Waals surface area contributed by atoms with Crippen LogP contribution in [-0.2, 0) is 20.1 Å². The van der Waals surface area contributed by atoms with Crippen LogP contribution in [0.5, 0.6) is 0 Å². The number of carbonyl (C=O) groups excluding carboxylic acids is 1. The summed E-state index contributed by atoms with van der Waals surface area (Å²) in [6.45, 7) is 9.83. The smallest absolute Gasteiger partial charge is 0.413 e. The molecule has 192 valence electrons. The Bertz CT molecular complexity index is 1440. The van der Waals surface area contributed by atoms with E-state index in [0.717, 1.165) is 5.56 Å². The largest absolute Gasteiger partial charge is 0.444 e. The molecule has 0 saturated heterocycles. The number of amides is 1.